The van der Waals surface area contributed by atoms with Gasteiger partial charge in [0, 0.05) is 51.6 Å². The minimum atomic E-state index is -1.62. The predicted octanol–water partition coefficient (Wildman–Crippen LogP) is 4.41. The number of amides is 10. The second kappa shape index (κ2) is 36.5. The fraction of sp³-hybridized carbons (Fsp3) is 0.836. The molecule has 10 amide bonds. The molecule has 0 radical (unpaired) electrons. The number of carbonyl (C=O) groups excluding carboxylic acids is 10. The van der Waals surface area contributed by atoms with Crippen LogP contribution < -0.4 is 47.9 Å². The van der Waals surface area contributed by atoms with Gasteiger partial charge in [-0.2, -0.15) is 0 Å². The van der Waals surface area contributed by atoms with Gasteiger partial charge in [-0.15, -0.1) is 0 Å². The summed E-state index contributed by atoms with van der Waals surface area (Å²) in [6.45, 7) is 30.4. The number of rotatable bonds is 38. The molecule has 0 aromatic carbocycles. The van der Waals surface area contributed by atoms with Crippen molar-refractivity contribution in [2.45, 2.75) is 266 Å². The molecule has 2 aliphatic heterocycles. The van der Waals surface area contributed by atoms with Gasteiger partial charge >= 0.3 is 0 Å². The van der Waals surface area contributed by atoms with Crippen molar-refractivity contribution in [3.05, 3.63) is 0 Å². The van der Waals surface area contributed by atoms with E-state index in [-0.39, 0.29) is 67.8 Å². The average Bonchev–Trinajstić information content (AvgIpc) is 4.07. The van der Waals surface area contributed by atoms with Crippen molar-refractivity contribution in [3.8, 4) is 0 Å². The highest BCUT2D eigenvalue weighted by molar-refractivity contribution is 6.00. The van der Waals surface area contributed by atoms with Gasteiger partial charge in [0.1, 0.15) is 46.8 Å². The first-order valence-electron chi connectivity index (χ1n) is 31.2. The fourth-order valence-corrected chi connectivity index (χ4v) is 10.1. The molecule has 22 nitrogen and oxygen atoms in total. The molecule has 2 rings (SSSR count). The zero-order valence-electron chi connectivity index (χ0n) is 53.6. The molecule has 2 aliphatic rings. The van der Waals surface area contributed by atoms with E-state index in [1.807, 2.05) is 48.5 Å². The molecule has 476 valence electrons. The highest BCUT2D eigenvalue weighted by atomic mass is 16.5. The van der Waals surface area contributed by atoms with E-state index in [1.54, 1.807) is 4.90 Å². The third kappa shape index (κ3) is 27.5. The van der Waals surface area contributed by atoms with Gasteiger partial charge in [0.25, 0.3) is 0 Å². The Hall–Kier alpha value is -5.38. The molecule has 5 unspecified atom stereocenters. The van der Waals surface area contributed by atoms with E-state index in [2.05, 4.69) is 66.6 Å². The number of morpholine rings is 1. The SMILES string of the molecule is CCCCCCCCC(NC(=O)[C@@H]1CCCN1C(=O)CCCCC)C(=O)NC(CC(C)C)C(=O)NC(C)(C)C(=O)NC(CC(C)C)C(=O)NC(CC(C)C)C(=O)NC(C)(C)C(=O)NC(C)(C)C(=O)NCCC(=O)NC(C)CN1CCOCC1. The van der Waals surface area contributed by atoms with Crippen LogP contribution in [0.15, 0.2) is 0 Å². The van der Waals surface area contributed by atoms with Crippen LogP contribution in [0.1, 0.15) is 213 Å². The van der Waals surface area contributed by atoms with E-state index in [0.29, 0.717) is 58.4 Å². The first-order chi connectivity index (χ1) is 38.8. The molecule has 22 heteroatoms. The molecule has 0 saturated carbocycles. The lowest BCUT2D eigenvalue weighted by atomic mass is 9.96. The van der Waals surface area contributed by atoms with Crippen molar-refractivity contribution < 1.29 is 52.7 Å². The second-order valence-corrected chi connectivity index (χ2v) is 26.1. The monoisotopic (exact) mass is 1170 g/mol. The van der Waals surface area contributed by atoms with Gasteiger partial charge in [0.05, 0.1) is 13.2 Å². The smallest absolute Gasteiger partial charge is 0.246 e. The van der Waals surface area contributed by atoms with E-state index in [4.69, 9.17) is 4.74 Å². The molecule has 2 heterocycles. The normalized spacial score (nSPS) is 16.9. The van der Waals surface area contributed by atoms with Crippen LogP contribution in [0.4, 0.5) is 0 Å². The molecular weight excluding hydrogens is 1060 g/mol. The van der Waals surface area contributed by atoms with Crippen LogP contribution in [-0.2, 0) is 52.7 Å². The predicted molar refractivity (Wildman–Crippen MR) is 322 cm³/mol. The van der Waals surface area contributed by atoms with Gasteiger partial charge < -0.3 is 57.5 Å². The van der Waals surface area contributed by atoms with Crippen molar-refractivity contribution in [2.75, 3.05) is 45.9 Å². The molecule has 83 heavy (non-hydrogen) atoms. The molecule has 2 fully saturated rings. The molecule has 0 bridgehead atoms. The van der Waals surface area contributed by atoms with Gasteiger partial charge in [-0.05, 0) is 111 Å². The topological polar surface area (TPSA) is 295 Å². The maximum absolute atomic E-state index is 14.3. The zero-order valence-corrected chi connectivity index (χ0v) is 53.6. The fourth-order valence-electron chi connectivity index (χ4n) is 10.1. The Balaban J connectivity index is 2.19. The standard InChI is InChI=1S/C61H111N11O11/c1-16-18-20-21-22-24-26-44(64-55(79)48-27-25-31-72(48)50(74)28-23-19-17-2)51(75)65-46(37-41(5)6)53(77)68-60(12,13)57(81)67-45(36-40(3)4)52(76)66-47(38-42(7)8)54(78)69-61(14,15)58(82)70-59(10,11)56(80)62-30-29-49(73)63-43(9)39-71-32-34-83-35-33-71/h40-48H,16-39H2,1-15H3,(H,62,80)(H,63,73)(H,64,79)(H,65,75)(H,66,76)(H,67,81)(H,68,77)(H,69,78)(H,70,82)/t43?,44?,45?,46?,47?,48-/m0/s1. The molecule has 6 atom stereocenters. The summed E-state index contributed by atoms with van der Waals surface area (Å²) in [5, 5.41) is 25.4. The number of nitrogens with zero attached hydrogens (tertiary/aromatic N) is 2. The highest BCUT2D eigenvalue weighted by Gasteiger charge is 2.41. The number of hydrogen-bond acceptors (Lipinski definition) is 12. The average molecular weight is 1170 g/mol. The number of hydrogen-bond donors (Lipinski definition) is 9. The first kappa shape index (κ1) is 73.7. The van der Waals surface area contributed by atoms with Crippen LogP contribution in [-0.4, -0.2) is 168 Å². The number of nitrogens with one attached hydrogen (secondary N) is 9. The van der Waals surface area contributed by atoms with Crippen LogP contribution in [0, 0.1) is 17.8 Å². The summed E-state index contributed by atoms with van der Waals surface area (Å²) in [6, 6.07) is -5.19. The minimum absolute atomic E-state index is 0.0272. The molecule has 2 saturated heterocycles. The summed E-state index contributed by atoms with van der Waals surface area (Å²) >= 11 is 0. The van der Waals surface area contributed by atoms with Crippen LogP contribution >= 0.6 is 0 Å². The third-order valence-electron chi connectivity index (χ3n) is 15.0. The molecule has 0 aromatic heterocycles. The van der Waals surface area contributed by atoms with Crippen molar-refractivity contribution in [2.24, 2.45) is 17.8 Å². The Morgan fingerprint density at radius 2 is 0.988 bits per heavy atom. The lowest BCUT2D eigenvalue weighted by Crippen LogP contribution is -2.65. The molecule has 0 spiro atoms. The van der Waals surface area contributed by atoms with Gasteiger partial charge in [-0.3, -0.25) is 52.8 Å². The van der Waals surface area contributed by atoms with Crippen LogP contribution in [0.25, 0.3) is 0 Å². The van der Waals surface area contributed by atoms with Crippen LogP contribution in [0.5, 0.6) is 0 Å². The Kier molecular flexibility index (Phi) is 32.4. The summed E-state index contributed by atoms with van der Waals surface area (Å²) in [5.74, 6) is -5.45. The number of likely N-dealkylation sites (tertiary alicyclic amines) is 1. The summed E-state index contributed by atoms with van der Waals surface area (Å²) in [4.78, 5) is 142. The Morgan fingerprint density at radius 3 is 1.53 bits per heavy atom. The van der Waals surface area contributed by atoms with Crippen molar-refractivity contribution in [1.82, 2.24) is 57.7 Å². The minimum Gasteiger partial charge on any atom is -0.379 e. The maximum atomic E-state index is 14.3. The number of unbranched alkanes of at least 4 members (excludes halogenated alkanes) is 7. The molecular formula is C61H111N11O11. The summed E-state index contributed by atoms with van der Waals surface area (Å²) < 4.78 is 5.39. The van der Waals surface area contributed by atoms with Crippen molar-refractivity contribution >= 4 is 59.1 Å². The Morgan fingerprint density at radius 1 is 0.506 bits per heavy atom. The van der Waals surface area contributed by atoms with E-state index >= 15 is 0 Å². The van der Waals surface area contributed by atoms with Crippen LogP contribution in [0.3, 0.4) is 0 Å². The molecule has 0 aromatic rings. The lowest BCUT2D eigenvalue weighted by Gasteiger charge is -2.34. The van der Waals surface area contributed by atoms with Gasteiger partial charge in [-0.1, -0.05) is 107 Å². The van der Waals surface area contributed by atoms with Crippen LogP contribution in [0.2, 0.25) is 0 Å². The summed E-state index contributed by atoms with van der Waals surface area (Å²) in [5.41, 5.74) is -4.66. The maximum Gasteiger partial charge on any atom is 0.246 e. The molecule has 9 N–H and O–H groups in total. The number of ether oxygens (including phenoxy) is 1. The molecule has 0 aliphatic carbocycles. The quantitative estimate of drug-likeness (QED) is 0.0389. The zero-order chi connectivity index (χ0) is 62.7. The summed E-state index contributed by atoms with van der Waals surface area (Å²) in [6.07, 6.45) is 10.8. The highest BCUT2D eigenvalue weighted by Crippen LogP contribution is 2.21. The van der Waals surface area contributed by atoms with Crippen molar-refractivity contribution in [3.63, 3.8) is 0 Å². The summed E-state index contributed by atoms with van der Waals surface area (Å²) in [7, 11) is 0. The largest absolute Gasteiger partial charge is 0.379 e. The third-order valence-corrected chi connectivity index (χ3v) is 15.0. The van der Waals surface area contributed by atoms with E-state index in [0.717, 1.165) is 64.5 Å². The Bertz CT molecular complexity index is 2110. The second-order valence-electron chi connectivity index (χ2n) is 26.1. The van der Waals surface area contributed by atoms with E-state index in [9.17, 15) is 47.9 Å². The van der Waals surface area contributed by atoms with E-state index in [1.165, 1.54) is 41.5 Å². The van der Waals surface area contributed by atoms with Crippen molar-refractivity contribution in [1.29, 1.82) is 0 Å². The van der Waals surface area contributed by atoms with Gasteiger partial charge in [0.15, 0.2) is 0 Å². The number of carbonyl (C=O) groups is 10. The Labute approximate surface area is 497 Å². The van der Waals surface area contributed by atoms with Gasteiger partial charge in [-0.25, -0.2) is 0 Å². The van der Waals surface area contributed by atoms with Gasteiger partial charge in [0.2, 0.25) is 59.1 Å². The van der Waals surface area contributed by atoms with E-state index < -0.39 is 94.1 Å². The first-order valence-corrected chi connectivity index (χ1v) is 31.2. The lowest BCUT2D eigenvalue weighted by molar-refractivity contribution is -0.140.